The lowest BCUT2D eigenvalue weighted by atomic mass is 10.00. The van der Waals surface area contributed by atoms with Gasteiger partial charge in [-0.15, -0.1) is 0 Å². The van der Waals surface area contributed by atoms with Gasteiger partial charge in [0.05, 0.1) is 18.8 Å². The first kappa shape index (κ1) is 58.0. The number of aliphatic hydroxyl groups is 4. The molecule has 0 aliphatic rings. The summed E-state index contributed by atoms with van der Waals surface area (Å²) < 4.78 is 0. The molecular formula is C53H105NO5. The number of carbonyl (C=O) groups is 1. The van der Waals surface area contributed by atoms with Gasteiger partial charge >= 0.3 is 0 Å². The molecule has 0 heterocycles. The summed E-state index contributed by atoms with van der Waals surface area (Å²) in [5.41, 5.74) is 0. The van der Waals surface area contributed by atoms with Crippen molar-refractivity contribution in [3.8, 4) is 0 Å². The number of aliphatic hydroxyl groups excluding tert-OH is 4. The number of nitrogens with one attached hydrogen (secondary N) is 1. The van der Waals surface area contributed by atoms with E-state index in [0.29, 0.717) is 12.8 Å². The fourth-order valence-corrected chi connectivity index (χ4v) is 8.53. The summed E-state index contributed by atoms with van der Waals surface area (Å²) in [6.45, 7) is 4.06. The van der Waals surface area contributed by atoms with Crippen molar-refractivity contribution in [2.75, 3.05) is 6.61 Å². The maximum absolute atomic E-state index is 12.5. The van der Waals surface area contributed by atoms with Crippen LogP contribution in [0.4, 0.5) is 0 Å². The summed E-state index contributed by atoms with van der Waals surface area (Å²) in [6.07, 6.45) is 55.7. The summed E-state index contributed by atoms with van der Waals surface area (Å²) in [4.78, 5) is 12.5. The zero-order chi connectivity index (χ0) is 43.1. The van der Waals surface area contributed by atoms with Crippen molar-refractivity contribution in [2.45, 2.75) is 314 Å². The maximum atomic E-state index is 12.5. The second-order valence-electron chi connectivity index (χ2n) is 18.6. The van der Waals surface area contributed by atoms with Crippen LogP contribution in [0, 0.1) is 0 Å². The largest absolute Gasteiger partial charge is 0.394 e. The summed E-state index contributed by atoms with van der Waals surface area (Å²) in [6, 6.07) is -0.998. The smallest absolute Gasteiger partial charge is 0.249 e. The van der Waals surface area contributed by atoms with Crippen molar-refractivity contribution >= 4 is 5.91 Å². The lowest BCUT2D eigenvalue weighted by Crippen LogP contribution is -2.53. The zero-order valence-corrected chi connectivity index (χ0v) is 39.8. The molecular weight excluding hydrogens is 731 g/mol. The van der Waals surface area contributed by atoms with Crippen LogP contribution in [-0.2, 0) is 4.79 Å². The molecule has 0 aromatic carbocycles. The summed E-state index contributed by atoms with van der Waals surface area (Å²) in [5.74, 6) is -0.589. The van der Waals surface area contributed by atoms with Crippen LogP contribution in [0.3, 0.4) is 0 Å². The number of hydrogen-bond donors (Lipinski definition) is 5. The van der Waals surface area contributed by atoms with E-state index in [0.717, 1.165) is 38.5 Å². The Balaban J connectivity index is 3.61. The maximum Gasteiger partial charge on any atom is 0.249 e. The topological polar surface area (TPSA) is 110 Å². The average molecular weight is 836 g/mol. The molecule has 352 valence electrons. The minimum atomic E-state index is -1.28. The Hall–Kier alpha value is -0.950. The SMILES string of the molecule is CCCCCCCCCCCCCCCCCCCCCCCCCC/C=C/CCCC(O)C(O)C(CO)NC(=O)C(O)CCCCCCCCCCCCCCCC. The van der Waals surface area contributed by atoms with Gasteiger partial charge in [-0.2, -0.15) is 0 Å². The number of unbranched alkanes of at least 4 members (excludes halogenated alkanes) is 38. The van der Waals surface area contributed by atoms with Crippen molar-refractivity contribution in [1.82, 2.24) is 5.32 Å². The molecule has 4 atom stereocenters. The minimum absolute atomic E-state index is 0.368. The lowest BCUT2D eigenvalue weighted by molar-refractivity contribution is -0.132. The molecule has 0 aromatic rings. The predicted octanol–water partition coefficient (Wildman–Crippen LogP) is 14.9. The normalized spacial score (nSPS) is 13.9. The predicted molar refractivity (Wildman–Crippen MR) is 256 cm³/mol. The van der Waals surface area contributed by atoms with Gasteiger partial charge in [0.15, 0.2) is 0 Å². The standard InChI is InChI=1S/C53H105NO5/c1-3-5-7-9-11-13-15-17-19-20-21-22-23-24-25-26-27-28-29-30-31-32-33-35-36-38-40-42-44-46-50(56)52(58)49(48-55)54-53(59)51(57)47-45-43-41-39-37-34-18-16-14-12-10-8-6-4-2/h38,40,49-52,55-58H,3-37,39,41-48H2,1-2H3,(H,54,59)/b40-38+. The van der Waals surface area contributed by atoms with Gasteiger partial charge < -0.3 is 25.7 Å². The highest BCUT2D eigenvalue weighted by Crippen LogP contribution is 2.18. The van der Waals surface area contributed by atoms with E-state index in [1.807, 2.05) is 0 Å². The van der Waals surface area contributed by atoms with E-state index >= 15 is 0 Å². The third-order valence-corrected chi connectivity index (χ3v) is 12.7. The number of amides is 1. The van der Waals surface area contributed by atoms with Crippen LogP contribution in [0.5, 0.6) is 0 Å². The molecule has 0 fully saturated rings. The average Bonchev–Trinajstić information content (AvgIpc) is 3.24. The van der Waals surface area contributed by atoms with Gasteiger partial charge in [-0.05, 0) is 38.5 Å². The van der Waals surface area contributed by atoms with E-state index in [1.165, 1.54) is 225 Å². The van der Waals surface area contributed by atoms with Gasteiger partial charge in [-0.3, -0.25) is 4.79 Å². The van der Waals surface area contributed by atoms with Crippen molar-refractivity contribution in [3.05, 3.63) is 12.2 Å². The Labute approximate surface area is 368 Å². The first-order chi connectivity index (χ1) is 29.0. The monoisotopic (exact) mass is 836 g/mol. The molecule has 4 unspecified atom stereocenters. The third kappa shape index (κ3) is 42.1. The molecule has 59 heavy (non-hydrogen) atoms. The molecule has 6 nitrogen and oxygen atoms in total. The van der Waals surface area contributed by atoms with Crippen LogP contribution in [0.2, 0.25) is 0 Å². The summed E-state index contributed by atoms with van der Waals surface area (Å²) in [5, 5.41) is 43.8. The zero-order valence-electron chi connectivity index (χ0n) is 39.8. The van der Waals surface area contributed by atoms with E-state index in [9.17, 15) is 25.2 Å². The molecule has 0 saturated carbocycles. The summed E-state index contributed by atoms with van der Waals surface area (Å²) in [7, 11) is 0. The van der Waals surface area contributed by atoms with Crippen molar-refractivity contribution in [2.24, 2.45) is 0 Å². The number of carbonyl (C=O) groups excluding carboxylic acids is 1. The van der Waals surface area contributed by atoms with Crippen LogP contribution in [0.15, 0.2) is 12.2 Å². The van der Waals surface area contributed by atoms with E-state index in [4.69, 9.17) is 0 Å². The number of allylic oxidation sites excluding steroid dienone is 2. The van der Waals surface area contributed by atoms with Crippen molar-refractivity contribution in [1.29, 1.82) is 0 Å². The molecule has 0 saturated heterocycles. The van der Waals surface area contributed by atoms with Gasteiger partial charge in [0.2, 0.25) is 5.91 Å². The Morgan fingerprint density at radius 2 is 0.695 bits per heavy atom. The molecule has 0 bridgehead atoms. The highest BCUT2D eigenvalue weighted by atomic mass is 16.3. The third-order valence-electron chi connectivity index (χ3n) is 12.7. The first-order valence-electron chi connectivity index (χ1n) is 26.6. The Morgan fingerprint density at radius 1 is 0.407 bits per heavy atom. The second kappa shape index (κ2) is 48.1. The van der Waals surface area contributed by atoms with Gasteiger partial charge in [0.1, 0.15) is 12.2 Å². The van der Waals surface area contributed by atoms with Crippen molar-refractivity contribution < 1.29 is 25.2 Å². The van der Waals surface area contributed by atoms with Gasteiger partial charge in [-0.25, -0.2) is 0 Å². The van der Waals surface area contributed by atoms with E-state index in [-0.39, 0.29) is 0 Å². The molecule has 5 N–H and O–H groups in total. The van der Waals surface area contributed by atoms with Gasteiger partial charge in [0, 0.05) is 0 Å². The molecule has 0 aliphatic heterocycles. The van der Waals surface area contributed by atoms with E-state index in [1.54, 1.807) is 0 Å². The van der Waals surface area contributed by atoms with Crippen molar-refractivity contribution in [3.63, 3.8) is 0 Å². The van der Waals surface area contributed by atoms with Crippen LogP contribution < -0.4 is 5.32 Å². The molecule has 0 spiro atoms. The van der Waals surface area contributed by atoms with Gasteiger partial charge in [0.25, 0.3) is 0 Å². The van der Waals surface area contributed by atoms with Crippen LogP contribution >= 0.6 is 0 Å². The van der Waals surface area contributed by atoms with Crippen LogP contribution in [-0.4, -0.2) is 57.3 Å². The molecule has 0 rings (SSSR count). The molecule has 0 radical (unpaired) electrons. The highest BCUT2D eigenvalue weighted by Gasteiger charge is 2.28. The Morgan fingerprint density at radius 3 is 1.02 bits per heavy atom. The van der Waals surface area contributed by atoms with E-state index < -0.39 is 36.9 Å². The molecule has 6 heteroatoms. The second-order valence-corrected chi connectivity index (χ2v) is 18.6. The van der Waals surface area contributed by atoms with Crippen LogP contribution in [0.1, 0.15) is 290 Å². The molecule has 0 aromatic heterocycles. The fourth-order valence-electron chi connectivity index (χ4n) is 8.53. The fraction of sp³-hybridized carbons (Fsp3) is 0.943. The Bertz CT molecular complexity index is 852. The quantitative estimate of drug-likeness (QED) is 0.0310. The van der Waals surface area contributed by atoms with E-state index in [2.05, 4.69) is 31.3 Å². The molecule has 1 amide bonds. The molecule has 0 aliphatic carbocycles. The number of rotatable bonds is 49. The summed E-state index contributed by atoms with van der Waals surface area (Å²) >= 11 is 0. The number of hydrogen-bond acceptors (Lipinski definition) is 5. The Kier molecular flexibility index (Phi) is 47.3. The first-order valence-corrected chi connectivity index (χ1v) is 26.6. The lowest BCUT2D eigenvalue weighted by Gasteiger charge is -2.27. The minimum Gasteiger partial charge on any atom is -0.394 e. The van der Waals surface area contributed by atoms with Crippen LogP contribution in [0.25, 0.3) is 0 Å². The highest BCUT2D eigenvalue weighted by molar-refractivity contribution is 5.80. The van der Waals surface area contributed by atoms with Gasteiger partial charge in [-0.1, -0.05) is 264 Å².